The number of amides is 3. The lowest BCUT2D eigenvalue weighted by atomic mass is 9.80. The van der Waals surface area contributed by atoms with Crippen molar-refractivity contribution in [3.05, 3.63) is 66.5 Å². The van der Waals surface area contributed by atoms with Gasteiger partial charge in [0.1, 0.15) is 29.8 Å². The van der Waals surface area contributed by atoms with Crippen molar-refractivity contribution >= 4 is 42.7 Å². The van der Waals surface area contributed by atoms with E-state index in [1.54, 1.807) is 47.6 Å². The molecule has 4 aliphatic rings. The van der Waals surface area contributed by atoms with Crippen molar-refractivity contribution in [1.29, 1.82) is 0 Å². The van der Waals surface area contributed by atoms with Gasteiger partial charge in [0.05, 0.1) is 42.6 Å². The van der Waals surface area contributed by atoms with Gasteiger partial charge in [-0.05, 0) is 74.8 Å². The number of ether oxygens (including phenoxy) is 2. The van der Waals surface area contributed by atoms with E-state index in [0.29, 0.717) is 67.6 Å². The third-order valence-corrected chi connectivity index (χ3v) is 11.6. The predicted molar refractivity (Wildman–Crippen MR) is 207 cm³/mol. The number of nitrogens with zero attached hydrogens (tertiary/aromatic N) is 7. The Morgan fingerprint density at radius 1 is 0.982 bits per heavy atom. The first kappa shape index (κ1) is 38.5. The van der Waals surface area contributed by atoms with Crippen LogP contribution in [0.2, 0.25) is 0 Å². The maximum absolute atomic E-state index is 13.6. The van der Waals surface area contributed by atoms with Gasteiger partial charge in [0, 0.05) is 31.1 Å². The molecule has 19 heteroatoms. The lowest BCUT2D eigenvalue weighted by Crippen LogP contribution is -2.54. The molecular formula is C38H44N9O9P. The van der Waals surface area contributed by atoms with Gasteiger partial charge in [-0.25, -0.2) is 13.8 Å². The van der Waals surface area contributed by atoms with Crippen LogP contribution in [0.3, 0.4) is 0 Å². The van der Waals surface area contributed by atoms with Crippen LogP contribution in [0.5, 0.6) is 11.5 Å². The highest BCUT2D eigenvalue weighted by atomic mass is 31.2. The number of fused-ring (bicyclic) bond motifs is 1. The van der Waals surface area contributed by atoms with E-state index < -0.39 is 20.2 Å². The molecule has 1 saturated carbocycles. The number of imide groups is 1. The van der Waals surface area contributed by atoms with Crippen LogP contribution in [-0.4, -0.2) is 104 Å². The molecule has 3 fully saturated rings. The topological polar surface area (TPSA) is 228 Å². The highest BCUT2D eigenvalue weighted by molar-refractivity contribution is 7.46. The van der Waals surface area contributed by atoms with Crippen LogP contribution in [0.1, 0.15) is 56.9 Å². The molecule has 5 heterocycles. The summed E-state index contributed by atoms with van der Waals surface area (Å²) in [7, 11) is -4.78. The fourth-order valence-electron chi connectivity index (χ4n) is 8.41. The summed E-state index contributed by atoms with van der Waals surface area (Å²) in [5.74, 6) is 0.982. The zero-order valence-corrected chi connectivity index (χ0v) is 32.2. The van der Waals surface area contributed by atoms with E-state index in [1.165, 1.54) is 11.6 Å². The number of aromatic nitrogens is 4. The predicted octanol–water partition coefficient (Wildman–Crippen LogP) is 3.12. The Morgan fingerprint density at radius 2 is 1.79 bits per heavy atom. The molecule has 0 bridgehead atoms. The quantitative estimate of drug-likeness (QED) is 0.103. The molecule has 2 atom stereocenters. The number of phosphoric acid groups is 1. The van der Waals surface area contributed by atoms with Gasteiger partial charge in [-0.3, -0.25) is 24.6 Å². The fraction of sp³-hybridized carbons (Fsp3) is 0.421. The smallest absolute Gasteiger partial charge is 0.472 e. The van der Waals surface area contributed by atoms with E-state index in [9.17, 15) is 18.9 Å². The molecule has 3 aliphatic heterocycles. The van der Waals surface area contributed by atoms with Gasteiger partial charge in [-0.15, -0.1) is 10.2 Å². The number of hydrogen-bond donors (Lipinski definition) is 4. The minimum absolute atomic E-state index is 0.0266. The number of piperidine rings is 1. The van der Waals surface area contributed by atoms with Gasteiger partial charge in [0.25, 0.3) is 0 Å². The number of piperazine rings is 1. The lowest BCUT2D eigenvalue weighted by Gasteiger charge is -2.42. The largest absolute Gasteiger partial charge is 0.489 e. The first-order chi connectivity index (χ1) is 27.4. The maximum atomic E-state index is 13.6. The third kappa shape index (κ3) is 8.22. The summed E-state index contributed by atoms with van der Waals surface area (Å²) < 4.78 is 29.4. The highest BCUT2D eigenvalue weighted by Crippen LogP contribution is 2.45. The van der Waals surface area contributed by atoms with Crippen molar-refractivity contribution < 1.29 is 42.7 Å². The van der Waals surface area contributed by atoms with E-state index in [-0.39, 0.29) is 41.9 Å². The van der Waals surface area contributed by atoms with Crippen LogP contribution < -0.4 is 30.3 Å². The van der Waals surface area contributed by atoms with E-state index in [2.05, 4.69) is 41.0 Å². The number of nitrogen functional groups attached to an aromatic ring is 1. The molecule has 57 heavy (non-hydrogen) atoms. The molecule has 8 rings (SSSR count). The van der Waals surface area contributed by atoms with E-state index in [0.717, 1.165) is 42.7 Å². The Morgan fingerprint density at radius 3 is 2.56 bits per heavy atom. The third-order valence-electron chi connectivity index (χ3n) is 11.1. The minimum Gasteiger partial charge on any atom is -0.489 e. The fourth-order valence-corrected chi connectivity index (χ4v) is 8.84. The Labute approximate surface area is 328 Å². The molecule has 18 nitrogen and oxygen atoms in total. The standard InChI is InChI=1S/C38H44N9O9P/c1-23(56-57(51,52)53)55-33-8-3-2-5-28(33)29-19-32(37(39)43-42-29)47-21-26(20-40-47)45-16-15-44(22-35(45)49)25-11-9-24(10-12-25)27-6-4-7-30-36(27)54-18-17-46(30)31-13-14-34(48)41-38(31)50/h2-8,19-21,23-25,31H,9-18,22H2,1H3,(H2,39,43)(H,41,48,50)(H2,51,52,53)/t23?,24?,25?,31-/m0/s1. The number of hydrogen-bond acceptors (Lipinski definition) is 13. The number of carbonyl (C=O) groups excluding carboxylic acids is 3. The minimum atomic E-state index is -4.78. The van der Waals surface area contributed by atoms with Crippen molar-refractivity contribution in [1.82, 2.24) is 30.2 Å². The summed E-state index contributed by atoms with van der Waals surface area (Å²) >= 11 is 0. The van der Waals surface area contributed by atoms with E-state index in [1.807, 2.05) is 12.1 Å². The zero-order valence-electron chi connectivity index (χ0n) is 31.3. The van der Waals surface area contributed by atoms with Crippen molar-refractivity contribution in [2.24, 2.45) is 0 Å². The van der Waals surface area contributed by atoms with Gasteiger partial charge in [0.15, 0.2) is 5.82 Å². The molecule has 4 aromatic rings. The second kappa shape index (κ2) is 15.9. The molecule has 1 aliphatic carbocycles. The van der Waals surface area contributed by atoms with Crippen molar-refractivity contribution in [3.8, 4) is 28.4 Å². The summed E-state index contributed by atoms with van der Waals surface area (Å²) in [6, 6.07) is 14.5. The number of carbonyl (C=O) groups is 3. The summed E-state index contributed by atoms with van der Waals surface area (Å²) in [5.41, 5.74) is 10.2. The normalized spacial score (nSPS) is 22.4. The van der Waals surface area contributed by atoms with Crippen LogP contribution in [0.15, 0.2) is 60.9 Å². The molecule has 2 aromatic carbocycles. The SMILES string of the molecule is CC(Oc1ccccc1-c1cc(-n2cc(N3CCN(C4CCC(c5cccc6c5OCCN6[C@H]5CCC(=O)NC5=O)CC4)CC3=O)cn2)c(N)nn1)OP(=O)(O)O. The number of phosphoric ester groups is 1. The van der Waals surface area contributed by atoms with Gasteiger partial charge in [-0.2, -0.15) is 5.10 Å². The summed E-state index contributed by atoms with van der Waals surface area (Å²) in [5, 5.41) is 15.3. The average molecular weight is 802 g/mol. The van der Waals surface area contributed by atoms with Crippen molar-refractivity contribution in [3.63, 3.8) is 0 Å². The first-order valence-corrected chi connectivity index (χ1v) is 20.5. The second-order valence-corrected chi connectivity index (χ2v) is 15.8. The maximum Gasteiger partial charge on any atom is 0.472 e. The van der Waals surface area contributed by atoms with E-state index in [4.69, 9.17) is 25.0 Å². The summed E-state index contributed by atoms with van der Waals surface area (Å²) in [4.78, 5) is 62.5. The molecule has 1 unspecified atom stereocenters. The first-order valence-electron chi connectivity index (χ1n) is 19.0. The number of nitrogens with one attached hydrogen (secondary N) is 1. The molecule has 3 amide bonds. The Bertz CT molecular complexity index is 2220. The van der Waals surface area contributed by atoms with Gasteiger partial charge < -0.3 is 34.8 Å². The molecule has 0 radical (unpaired) electrons. The van der Waals surface area contributed by atoms with Gasteiger partial charge in [0.2, 0.25) is 24.0 Å². The average Bonchev–Trinajstić information content (AvgIpc) is 3.67. The Kier molecular flexibility index (Phi) is 10.7. The number of benzene rings is 2. The van der Waals surface area contributed by atoms with Crippen LogP contribution in [0, 0.1) is 0 Å². The molecular weight excluding hydrogens is 757 g/mol. The Balaban J connectivity index is 0.899. The Hall–Kier alpha value is -5.39. The highest BCUT2D eigenvalue weighted by Gasteiger charge is 2.38. The number of rotatable bonds is 10. The van der Waals surface area contributed by atoms with Crippen LogP contribution in [-0.2, 0) is 23.5 Å². The summed E-state index contributed by atoms with van der Waals surface area (Å²) in [6.07, 6.45) is 6.67. The van der Waals surface area contributed by atoms with Crippen LogP contribution in [0.25, 0.3) is 16.9 Å². The number of anilines is 3. The molecule has 0 spiro atoms. The molecule has 2 saturated heterocycles. The van der Waals surface area contributed by atoms with Crippen LogP contribution in [0.4, 0.5) is 17.2 Å². The monoisotopic (exact) mass is 801 g/mol. The lowest BCUT2D eigenvalue weighted by molar-refractivity contribution is -0.134. The number of para-hydroxylation sites is 2. The molecule has 2 aromatic heterocycles. The van der Waals surface area contributed by atoms with Gasteiger partial charge >= 0.3 is 7.82 Å². The second-order valence-electron chi connectivity index (χ2n) is 14.6. The van der Waals surface area contributed by atoms with E-state index >= 15 is 0 Å². The van der Waals surface area contributed by atoms with Crippen molar-refractivity contribution in [2.75, 3.05) is 48.3 Å². The number of nitrogens with two attached hydrogens (primary N) is 1. The molecule has 300 valence electrons. The molecule has 5 N–H and O–H groups in total. The summed E-state index contributed by atoms with van der Waals surface area (Å²) in [6.45, 7) is 3.91. The zero-order chi connectivity index (χ0) is 39.8. The van der Waals surface area contributed by atoms with Crippen LogP contribution >= 0.6 is 7.82 Å². The van der Waals surface area contributed by atoms with Crippen molar-refractivity contribution in [2.45, 2.75) is 69.7 Å². The van der Waals surface area contributed by atoms with Gasteiger partial charge in [-0.1, -0.05) is 24.3 Å².